The van der Waals surface area contributed by atoms with Crippen LogP contribution < -0.4 is 33.0 Å². The van der Waals surface area contributed by atoms with Crippen molar-refractivity contribution in [2.75, 3.05) is 0 Å². The van der Waals surface area contributed by atoms with E-state index < -0.39 is 16.3 Å². The summed E-state index contributed by atoms with van der Waals surface area (Å²) in [4.78, 5) is 13.2. The molecule has 3 nitrogen and oxygen atoms in total. The minimum atomic E-state index is -1.40. The van der Waals surface area contributed by atoms with Crippen molar-refractivity contribution in [2.45, 2.75) is 29.1 Å². The van der Waals surface area contributed by atoms with Crippen LogP contribution in [0.2, 0.25) is 5.21 Å². The quantitative estimate of drug-likeness (QED) is 0.467. The molecule has 0 spiro atoms. The Balaban J connectivity index is 2.44. The van der Waals surface area contributed by atoms with Gasteiger partial charge in [0.05, 0.1) is 11.0 Å². The van der Waals surface area contributed by atoms with Crippen molar-refractivity contribution in [3.8, 4) is 0 Å². The highest BCUT2D eigenvalue weighted by Gasteiger charge is 2.68. The van der Waals surface area contributed by atoms with Crippen molar-refractivity contribution in [1.82, 2.24) is 0 Å². The van der Waals surface area contributed by atoms with E-state index in [1.54, 1.807) is 7.85 Å². The number of carbonyl (C=O) groups is 1. The van der Waals surface area contributed by atoms with Crippen LogP contribution in [-0.4, -0.2) is 69.6 Å². The van der Waals surface area contributed by atoms with E-state index in [0.29, 0.717) is 12.8 Å². The fraction of sp³-hybridized carbons (Fsp3) is 0.417. The molecule has 3 unspecified atom stereocenters. The van der Waals surface area contributed by atoms with Crippen LogP contribution in [0.4, 0.5) is 0 Å². The number of benzene rings is 1. The van der Waals surface area contributed by atoms with Crippen LogP contribution in [-0.2, 0) is 10.3 Å². The van der Waals surface area contributed by atoms with Gasteiger partial charge in [-0.3, -0.25) is 4.79 Å². The smallest absolute Gasteiger partial charge is 0.283 e. The first-order valence-corrected chi connectivity index (χ1v) is 8.66. The lowest BCUT2D eigenvalue weighted by Gasteiger charge is -2.50. The Morgan fingerprint density at radius 3 is 2.13 bits per heavy atom. The van der Waals surface area contributed by atoms with Crippen LogP contribution in [0, 0.1) is 0 Å². The molecule has 0 amide bonds. The first-order valence-electron chi connectivity index (χ1n) is 8.22. The van der Waals surface area contributed by atoms with Gasteiger partial charge in [-0.15, -0.1) is 10.9 Å². The molecular weight excluding hydrogens is 301 g/mol. The average Bonchev–Trinajstić information content (AvgIpc) is 2.67. The molecule has 3 N–H and O–H groups in total. The molecule has 1 aliphatic carbocycles. The minimum Gasteiger partial charge on any atom is -0.391 e. The van der Waals surface area contributed by atoms with Crippen molar-refractivity contribution in [2.24, 2.45) is 5.73 Å². The van der Waals surface area contributed by atoms with Gasteiger partial charge in [0.15, 0.2) is 13.6 Å². The van der Waals surface area contributed by atoms with Crippen molar-refractivity contribution in [3.05, 3.63) is 5.56 Å². The maximum absolute atomic E-state index is 13.2. The van der Waals surface area contributed by atoms with Crippen molar-refractivity contribution >= 4 is 97.8 Å². The predicted molar refractivity (Wildman–Crippen MR) is 115 cm³/mol. The van der Waals surface area contributed by atoms with E-state index in [1.165, 1.54) is 5.46 Å². The monoisotopic (exact) mass is 321 g/mol. The topological polar surface area (TPSA) is 63.3 Å². The molecule has 23 heavy (non-hydrogen) atoms. The van der Waals surface area contributed by atoms with Gasteiger partial charge in [0.1, 0.15) is 39.2 Å². The normalized spacial score (nSPS) is 36.0. The standard InChI is InChI=1S/C12H19B7ClNO2/c13-4-3-8(7(16)6(15)5(4)14)19(20)11(18)2-1-10(17,23)9(22)12(3,11)21/h23H,1-2,13-18,21H2. The molecule has 1 heterocycles. The number of nitrogens with two attached hydrogens (primary N) is 1. The first-order chi connectivity index (χ1) is 10.4. The molecular formula is C12H19B7ClNO2. The lowest BCUT2D eigenvalue weighted by molar-refractivity contribution is -0.140. The molecule has 112 valence electrons. The van der Waals surface area contributed by atoms with Crippen LogP contribution in [0.5, 0.6) is 0 Å². The summed E-state index contributed by atoms with van der Waals surface area (Å²) in [6.07, 6.45) is 0.705. The van der Waals surface area contributed by atoms with Gasteiger partial charge in [-0.1, -0.05) is 22.8 Å². The molecule has 1 aliphatic heterocycles. The van der Waals surface area contributed by atoms with E-state index in [1.807, 2.05) is 15.7 Å². The van der Waals surface area contributed by atoms with Crippen LogP contribution >= 0.6 is 11.5 Å². The number of ketones is 1. The van der Waals surface area contributed by atoms with Crippen molar-refractivity contribution in [3.63, 3.8) is 0 Å². The minimum absolute atomic E-state index is 0.297. The van der Waals surface area contributed by atoms with Gasteiger partial charge in [0.25, 0.3) is 6.13 Å². The summed E-state index contributed by atoms with van der Waals surface area (Å²) in [6.45, 7) is 0. The Bertz CT molecular complexity index is 758. The molecule has 0 saturated heterocycles. The van der Waals surface area contributed by atoms with E-state index in [-0.39, 0.29) is 11.9 Å². The second-order valence-electron chi connectivity index (χ2n) is 7.98. The van der Waals surface area contributed by atoms with E-state index in [2.05, 4.69) is 23.5 Å². The van der Waals surface area contributed by atoms with E-state index in [9.17, 15) is 9.90 Å². The van der Waals surface area contributed by atoms with Crippen molar-refractivity contribution in [1.29, 1.82) is 0 Å². The van der Waals surface area contributed by atoms with Crippen LogP contribution in [0.3, 0.4) is 0 Å². The molecule has 0 radical (unpaired) electrons. The SMILES string of the molecule is Bc1c(B)c(B)c2c(c1B)B(Cl)C1(B)CCC(B)(O)C(=O)C21N. The molecule has 1 fully saturated rings. The fourth-order valence-corrected chi connectivity index (χ4v) is 5.26. The predicted octanol–water partition coefficient (Wildman–Crippen LogP) is -8.66. The zero-order valence-corrected chi connectivity index (χ0v) is 15.6. The summed E-state index contributed by atoms with van der Waals surface area (Å²) in [5, 5.41) is 10.0. The molecule has 3 rings (SSSR count). The van der Waals surface area contributed by atoms with Gasteiger partial charge in [-0.25, -0.2) is 0 Å². The summed E-state index contributed by atoms with van der Waals surface area (Å²) in [6, 6.07) is 0. The highest BCUT2D eigenvalue weighted by atomic mass is 35.5. The van der Waals surface area contributed by atoms with Gasteiger partial charge in [0, 0.05) is 0 Å². The first kappa shape index (κ1) is 17.4. The molecule has 11 heteroatoms. The van der Waals surface area contributed by atoms with E-state index in [0.717, 1.165) is 27.4 Å². The zero-order chi connectivity index (χ0) is 17.5. The third-order valence-electron chi connectivity index (χ3n) is 6.82. The molecule has 0 aromatic heterocycles. The zero-order valence-electron chi connectivity index (χ0n) is 14.8. The van der Waals surface area contributed by atoms with E-state index >= 15 is 0 Å². The molecule has 1 aromatic rings. The third kappa shape index (κ3) is 1.81. The Hall–Kier alpha value is -0.445. The highest BCUT2D eigenvalue weighted by molar-refractivity contribution is 7.20. The maximum Gasteiger partial charge on any atom is 0.283 e. The van der Waals surface area contributed by atoms with Gasteiger partial charge in [0.2, 0.25) is 0 Å². The van der Waals surface area contributed by atoms with Gasteiger partial charge in [-0.2, -0.15) is 11.5 Å². The number of carbonyl (C=O) groups excluding carboxylic acids is 1. The largest absolute Gasteiger partial charge is 0.391 e. The molecule has 1 aromatic carbocycles. The van der Waals surface area contributed by atoms with Crippen molar-refractivity contribution < 1.29 is 9.90 Å². The van der Waals surface area contributed by atoms with Gasteiger partial charge >= 0.3 is 0 Å². The van der Waals surface area contributed by atoms with E-state index in [4.69, 9.17) is 17.2 Å². The number of hydrogen-bond donors (Lipinski definition) is 2. The molecule has 3 atom stereocenters. The maximum atomic E-state index is 13.2. The summed E-state index contributed by atoms with van der Waals surface area (Å²) < 4.78 is 0. The number of Topliss-reactive ketones (excluding diaryl/α,β-unsaturated/α-hetero) is 1. The molecule has 0 bridgehead atoms. The Kier molecular flexibility index (Phi) is 3.63. The Labute approximate surface area is 148 Å². The summed E-state index contributed by atoms with van der Waals surface area (Å²) in [5.74, 6) is -0.297. The number of rotatable bonds is 0. The summed E-state index contributed by atoms with van der Waals surface area (Å²) in [5.41, 5.74) is 10.6. The summed E-state index contributed by atoms with van der Waals surface area (Å²) in [7, 11) is 11.8. The van der Waals surface area contributed by atoms with Crippen LogP contribution in [0.15, 0.2) is 0 Å². The van der Waals surface area contributed by atoms with Crippen LogP contribution in [0.25, 0.3) is 0 Å². The second-order valence-corrected chi connectivity index (χ2v) is 8.42. The molecule has 2 aliphatic rings. The molecule has 1 saturated carbocycles. The highest BCUT2D eigenvalue weighted by Crippen LogP contribution is 2.57. The van der Waals surface area contributed by atoms with Gasteiger partial charge in [-0.05, 0) is 17.2 Å². The number of aliphatic hydroxyl groups is 1. The lowest BCUT2D eigenvalue weighted by Crippen LogP contribution is -2.67. The van der Waals surface area contributed by atoms with Crippen LogP contribution in [0.1, 0.15) is 18.4 Å². The number of halogens is 1. The second kappa shape index (κ2) is 4.80. The van der Waals surface area contributed by atoms with Gasteiger partial charge < -0.3 is 10.8 Å². The Morgan fingerprint density at radius 1 is 1.04 bits per heavy atom. The Morgan fingerprint density at radius 2 is 1.57 bits per heavy atom. The number of hydrogen-bond acceptors (Lipinski definition) is 3. The lowest BCUT2D eigenvalue weighted by atomic mass is 9.32. The average molecular weight is 320 g/mol. The summed E-state index contributed by atoms with van der Waals surface area (Å²) >= 11 is 6.89. The fourth-order valence-electron chi connectivity index (χ4n) is 4.71. The number of fused-ring (bicyclic) bond motifs is 3. The third-order valence-corrected chi connectivity index (χ3v) is 7.52.